The number of amides is 2. The first-order valence-electron chi connectivity index (χ1n) is 7.50. The lowest BCUT2D eigenvalue weighted by Crippen LogP contribution is -2.28. The van der Waals surface area contributed by atoms with Crippen LogP contribution in [0.25, 0.3) is 10.7 Å². The van der Waals surface area contributed by atoms with Crippen molar-refractivity contribution in [1.29, 1.82) is 0 Å². The van der Waals surface area contributed by atoms with Gasteiger partial charge >= 0.3 is 6.03 Å². The van der Waals surface area contributed by atoms with Gasteiger partial charge in [0.25, 0.3) is 0 Å². The predicted octanol–water partition coefficient (Wildman–Crippen LogP) is 2.00. The number of carbonyl (C=O) groups excluding carboxylic acids is 1. The van der Waals surface area contributed by atoms with Gasteiger partial charge in [0.2, 0.25) is 0 Å². The van der Waals surface area contributed by atoms with Crippen LogP contribution in [0.3, 0.4) is 0 Å². The Kier molecular flexibility index (Phi) is 4.69. The average Bonchev–Trinajstić information content (AvgIpc) is 3.03. The summed E-state index contributed by atoms with van der Waals surface area (Å²) in [6.07, 6.45) is 6.72. The molecule has 0 spiro atoms. The lowest BCUT2D eigenvalue weighted by molar-refractivity contribution is 0.256. The van der Waals surface area contributed by atoms with Crippen LogP contribution in [-0.4, -0.2) is 38.9 Å². The summed E-state index contributed by atoms with van der Waals surface area (Å²) in [6.45, 7) is 3.36. The highest BCUT2D eigenvalue weighted by Gasteiger charge is 2.13. The zero-order valence-electron chi connectivity index (χ0n) is 12.4. The number of likely N-dealkylation sites (tertiary alicyclic amines) is 1. The van der Waals surface area contributed by atoms with Gasteiger partial charge in [-0.25, -0.2) is 15.2 Å². The molecule has 3 rings (SSSR count). The number of urea groups is 1. The Morgan fingerprint density at radius 3 is 2.77 bits per heavy atom. The van der Waals surface area contributed by atoms with Crippen molar-refractivity contribution in [2.45, 2.75) is 32.2 Å². The molecule has 0 unspecified atom stereocenters. The number of primary amides is 1. The number of nitrogens with zero attached hydrogens (tertiary/aromatic N) is 4. The van der Waals surface area contributed by atoms with Gasteiger partial charge in [0.15, 0.2) is 5.82 Å². The van der Waals surface area contributed by atoms with Gasteiger partial charge < -0.3 is 5.73 Å². The fourth-order valence-electron chi connectivity index (χ4n) is 2.64. The van der Waals surface area contributed by atoms with Gasteiger partial charge in [-0.3, -0.25) is 4.90 Å². The number of nitrogens with two attached hydrogens (primary N) is 1. The number of aromatic nitrogens is 3. The van der Waals surface area contributed by atoms with E-state index in [1.54, 1.807) is 11.3 Å². The summed E-state index contributed by atoms with van der Waals surface area (Å²) in [5.41, 5.74) is 7.40. The van der Waals surface area contributed by atoms with Crippen molar-refractivity contribution in [3.8, 4) is 10.7 Å². The molecule has 1 aliphatic rings. The predicted molar refractivity (Wildman–Crippen MR) is 86.0 cm³/mol. The number of hydrogen-bond acceptors (Lipinski definition) is 5. The Labute approximate surface area is 133 Å². The number of nitrogens with one attached hydrogen (secondary N) is 1. The summed E-state index contributed by atoms with van der Waals surface area (Å²) in [6, 6.07) is 3.50. The Balaban J connectivity index is 1.65. The van der Waals surface area contributed by atoms with Crippen LogP contribution in [-0.2, 0) is 6.54 Å². The van der Waals surface area contributed by atoms with E-state index in [1.807, 2.05) is 6.07 Å². The molecule has 2 amide bonds. The second-order valence-corrected chi connectivity index (χ2v) is 6.61. The zero-order valence-corrected chi connectivity index (χ0v) is 13.2. The Morgan fingerprint density at radius 2 is 2.05 bits per heavy atom. The van der Waals surface area contributed by atoms with Gasteiger partial charge in [-0.05, 0) is 38.1 Å². The Hall–Kier alpha value is -1.93. The zero-order chi connectivity index (χ0) is 15.4. The molecule has 0 bridgehead atoms. The summed E-state index contributed by atoms with van der Waals surface area (Å²) in [5.74, 6) is 0.598. The molecule has 1 fully saturated rings. The molecule has 3 N–H and O–H groups in total. The molecule has 0 aliphatic carbocycles. The quantitative estimate of drug-likeness (QED) is 0.902. The second kappa shape index (κ2) is 6.89. The maximum Gasteiger partial charge on any atom is 0.332 e. The van der Waals surface area contributed by atoms with E-state index < -0.39 is 6.03 Å². The smallest absolute Gasteiger partial charge is 0.332 e. The first kappa shape index (κ1) is 15.0. The third-order valence-corrected chi connectivity index (χ3v) is 4.74. The van der Waals surface area contributed by atoms with Gasteiger partial charge in [-0.15, -0.1) is 16.4 Å². The van der Waals surface area contributed by atoms with Gasteiger partial charge in [0.1, 0.15) is 6.33 Å². The Bertz CT molecular complexity index is 629. The van der Waals surface area contributed by atoms with E-state index in [1.165, 1.54) is 54.8 Å². The number of carbonyl (C=O) groups is 1. The SMILES string of the molecule is NC(=O)Nn1cnc(-c2ccc(CN3CCCCCC3)s2)n1. The van der Waals surface area contributed by atoms with Gasteiger partial charge in [-0.1, -0.05) is 12.8 Å². The fourth-order valence-corrected chi connectivity index (χ4v) is 3.63. The third kappa shape index (κ3) is 3.83. The number of thiophene rings is 1. The van der Waals surface area contributed by atoms with E-state index in [2.05, 4.69) is 26.5 Å². The number of rotatable bonds is 4. The van der Waals surface area contributed by atoms with Crippen LogP contribution < -0.4 is 11.2 Å². The summed E-state index contributed by atoms with van der Waals surface area (Å²) < 4.78 is 0. The molecule has 22 heavy (non-hydrogen) atoms. The minimum atomic E-state index is -0.663. The van der Waals surface area contributed by atoms with Crippen LogP contribution in [0, 0.1) is 0 Å². The highest BCUT2D eigenvalue weighted by Crippen LogP contribution is 2.26. The Morgan fingerprint density at radius 1 is 1.27 bits per heavy atom. The van der Waals surface area contributed by atoms with Crippen LogP contribution in [0.1, 0.15) is 30.6 Å². The van der Waals surface area contributed by atoms with Crippen LogP contribution >= 0.6 is 11.3 Å². The van der Waals surface area contributed by atoms with Crippen LogP contribution in [0.4, 0.5) is 4.79 Å². The van der Waals surface area contributed by atoms with E-state index in [9.17, 15) is 4.79 Å². The van der Waals surface area contributed by atoms with Gasteiger partial charge in [-0.2, -0.15) is 4.79 Å². The summed E-state index contributed by atoms with van der Waals surface area (Å²) in [7, 11) is 0. The first-order chi connectivity index (χ1) is 10.7. The van der Waals surface area contributed by atoms with E-state index >= 15 is 0 Å². The van der Waals surface area contributed by atoms with E-state index in [4.69, 9.17) is 5.73 Å². The van der Waals surface area contributed by atoms with Crippen molar-refractivity contribution in [1.82, 2.24) is 19.8 Å². The highest BCUT2D eigenvalue weighted by molar-refractivity contribution is 7.15. The molecule has 118 valence electrons. The molecule has 2 aromatic heterocycles. The molecule has 1 aliphatic heterocycles. The van der Waals surface area contributed by atoms with Crippen molar-refractivity contribution >= 4 is 17.4 Å². The standard InChI is InChI=1S/C14H20N6OS/c15-14(21)18-20-10-16-13(17-20)12-6-5-11(22-12)9-19-7-3-1-2-4-8-19/h5-6,10H,1-4,7-9H2,(H3,15,18,21). The van der Waals surface area contributed by atoms with E-state index in [0.29, 0.717) is 5.82 Å². The minimum Gasteiger partial charge on any atom is -0.350 e. The normalized spacial score (nSPS) is 16.4. The fraction of sp³-hybridized carbons (Fsp3) is 0.500. The van der Waals surface area contributed by atoms with Crippen LogP contribution in [0.15, 0.2) is 18.5 Å². The molecular formula is C14H20N6OS. The van der Waals surface area contributed by atoms with Crippen LogP contribution in [0.5, 0.6) is 0 Å². The molecule has 0 radical (unpaired) electrons. The molecule has 0 aromatic carbocycles. The molecule has 2 aromatic rings. The van der Waals surface area contributed by atoms with Crippen molar-refractivity contribution in [3.63, 3.8) is 0 Å². The molecule has 7 nitrogen and oxygen atoms in total. The maximum atomic E-state index is 10.8. The van der Waals surface area contributed by atoms with Crippen LogP contribution in [0.2, 0.25) is 0 Å². The molecule has 0 atom stereocenters. The largest absolute Gasteiger partial charge is 0.350 e. The third-order valence-electron chi connectivity index (χ3n) is 3.68. The second-order valence-electron chi connectivity index (χ2n) is 5.45. The van der Waals surface area contributed by atoms with Gasteiger partial charge in [0, 0.05) is 11.4 Å². The van der Waals surface area contributed by atoms with Crippen molar-refractivity contribution in [2.24, 2.45) is 5.73 Å². The summed E-state index contributed by atoms with van der Waals surface area (Å²) in [4.78, 5) is 21.0. The highest BCUT2D eigenvalue weighted by atomic mass is 32.1. The molecular weight excluding hydrogens is 300 g/mol. The monoisotopic (exact) mass is 320 g/mol. The average molecular weight is 320 g/mol. The van der Waals surface area contributed by atoms with Crippen molar-refractivity contribution < 1.29 is 4.79 Å². The lowest BCUT2D eigenvalue weighted by atomic mass is 10.2. The molecule has 8 heteroatoms. The molecule has 0 saturated carbocycles. The molecule has 1 saturated heterocycles. The molecule has 3 heterocycles. The number of hydrogen-bond donors (Lipinski definition) is 2. The lowest BCUT2D eigenvalue weighted by Gasteiger charge is -2.18. The maximum absolute atomic E-state index is 10.8. The topological polar surface area (TPSA) is 89.1 Å². The minimum absolute atomic E-state index is 0.598. The van der Waals surface area contributed by atoms with E-state index in [-0.39, 0.29) is 0 Å². The van der Waals surface area contributed by atoms with Crippen molar-refractivity contribution in [2.75, 3.05) is 18.5 Å². The van der Waals surface area contributed by atoms with Crippen molar-refractivity contribution in [3.05, 3.63) is 23.3 Å². The first-order valence-corrected chi connectivity index (χ1v) is 8.32. The van der Waals surface area contributed by atoms with Gasteiger partial charge in [0.05, 0.1) is 4.88 Å². The summed E-state index contributed by atoms with van der Waals surface area (Å²) >= 11 is 1.69. The summed E-state index contributed by atoms with van der Waals surface area (Å²) in [5, 5.41) is 4.19. The van der Waals surface area contributed by atoms with E-state index in [0.717, 1.165) is 11.4 Å².